The second kappa shape index (κ2) is 3.62. The highest BCUT2D eigenvalue weighted by Crippen LogP contribution is 2.18. The molecule has 0 bridgehead atoms. The monoisotopic (exact) mass is 153 g/mol. The first kappa shape index (κ1) is 7.61. The molecule has 0 aromatic carbocycles. The smallest absolute Gasteiger partial charge is 0.0406 e. The van der Waals surface area contributed by atoms with Crippen molar-refractivity contribution in [3.63, 3.8) is 0 Å². The minimum Gasteiger partial charge on any atom is -0.264 e. The first-order valence-corrected chi connectivity index (χ1v) is 4.57. The molecule has 0 aliphatic carbocycles. The summed E-state index contributed by atoms with van der Waals surface area (Å²) in [6.07, 6.45) is 6.94. The van der Waals surface area contributed by atoms with E-state index in [1.54, 1.807) is 11.8 Å². The lowest BCUT2D eigenvalue weighted by Crippen LogP contribution is -1.84. The van der Waals surface area contributed by atoms with Crippen LogP contribution in [-0.2, 0) is 6.42 Å². The molecule has 0 unspecified atom stereocenters. The molecule has 0 saturated carbocycles. The van der Waals surface area contributed by atoms with Crippen molar-refractivity contribution in [2.24, 2.45) is 0 Å². The van der Waals surface area contributed by atoms with Gasteiger partial charge in [0.05, 0.1) is 0 Å². The maximum absolute atomic E-state index is 4.04. The molecule has 2 heteroatoms. The lowest BCUT2D eigenvalue weighted by Gasteiger charge is -2.01. The second-order valence-electron chi connectivity index (χ2n) is 2.04. The summed E-state index contributed by atoms with van der Waals surface area (Å²) in [6.45, 7) is 2.16. The molecule has 0 atom stereocenters. The quantitative estimate of drug-likeness (QED) is 0.605. The number of pyridine rings is 1. The van der Waals surface area contributed by atoms with E-state index in [4.69, 9.17) is 0 Å². The Kier molecular flexibility index (Phi) is 2.75. The van der Waals surface area contributed by atoms with E-state index in [9.17, 15) is 0 Å². The Balaban J connectivity index is 2.96. The summed E-state index contributed by atoms with van der Waals surface area (Å²) in [6, 6.07) is 2.08. The summed E-state index contributed by atoms with van der Waals surface area (Å²) in [5, 5.41) is 0. The van der Waals surface area contributed by atoms with E-state index in [1.807, 2.05) is 12.4 Å². The predicted molar refractivity (Wildman–Crippen MR) is 45.4 cm³/mol. The Morgan fingerprint density at radius 2 is 2.40 bits per heavy atom. The summed E-state index contributed by atoms with van der Waals surface area (Å²) >= 11 is 1.76. The van der Waals surface area contributed by atoms with Crippen molar-refractivity contribution >= 4 is 11.8 Å². The highest BCUT2D eigenvalue weighted by molar-refractivity contribution is 7.98. The van der Waals surface area contributed by atoms with Gasteiger partial charge in [-0.15, -0.1) is 11.8 Å². The molecule has 54 valence electrons. The molecule has 0 aliphatic rings. The molecular weight excluding hydrogens is 142 g/mol. The van der Waals surface area contributed by atoms with Gasteiger partial charge in [-0.2, -0.15) is 0 Å². The maximum atomic E-state index is 4.04. The van der Waals surface area contributed by atoms with Gasteiger partial charge < -0.3 is 0 Å². The molecule has 10 heavy (non-hydrogen) atoms. The molecule has 0 aliphatic heterocycles. The van der Waals surface area contributed by atoms with E-state index in [0.29, 0.717) is 0 Å². The maximum Gasteiger partial charge on any atom is 0.0406 e. The van der Waals surface area contributed by atoms with Gasteiger partial charge in [0.1, 0.15) is 0 Å². The Labute approximate surface area is 65.9 Å². The highest BCUT2D eigenvalue weighted by atomic mass is 32.2. The SMILES string of the molecule is CCc1ccncc1SC. The lowest BCUT2D eigenvalue weighted by molar-refractivity contribution is 1.05. The highest BCUT2D eigenvalue weighted by Gasteiger charge is 1.95. The van der Waals surface area contributed by atoms with Crippen molar-refractivity contribution < 1.29 is 0 Å². The van der Waals surface area contributed by atoms with E-state index >= 15 is 0 Å². The molecule has 0 amide bonds. The predicted octanol–water partition coefficient (Wildman–Crippen LogP) is 2.37. The van der Waals surface area contributed by atoms with Gasteiger partial charge >= 0.3 is 0 Å². The van der Waals surface area contributed by atoms with Gasteiger partial charge in [0.15, 0.2) is 0 Å². The summed E-state index contributed by atoms with van der Waals surface area (Å²) in [5.74, 6) is 0. The first-order valence-electron chi connectivity index (χ1n) is 3.35. The third-order valence-electron chi connectivity index (χ3n) is 1.47. The van der Waals surface area contributed by atoms with Crippen LogP contribution in [0.4, 0.5) is 0 Å². The number of hydrogen-bond acceptors (Lipinski definition) is 2. The largest absolute Gasteiger partial charge is 0.264 e. The van der Waals surface area contributed by atoms with Crippen molar-refractivity contribution in [3.8, 4) is 0 Å². The number of thioether (sulfide) groups is 1. The van der Waals surface area contributed by atoms with Crippen molar-refractivity contribution in [2.45, 2.75) is 18.2 Å². The number of nitrogens with zero attached hydrogens (tertiary/aromatic N) is 1. The van der Waals surface area contributed by atoms with Gasteiger partial charge in [0.2, 0.25) is 0 Å². The van der Waals surface area contributed by atoms with Crippen molar-refractivity contribution in [1.82, 2.24) is 4.98 Å². The van der Waals surface area contributed by atoms with Crippen LogP contribution >= 0.6 is 11.8 Å². The van der Waals surface area contributed by atoms with E-state index < -0.39 is 0 Å². The van der Waals surface area contributed by atoms with E-state index in [1.165, 1.54) is 10.5 Å². The van der Waals surface area contributed by atoms with Gasteiger partial charge in [0, 0.05) is 17.3 Å². The van der Waals surface area contributed by atoms with Crippen LogP contribution in [0.2, 0.25) is 0 Å². The van der Waals surface area contributed by atoms with Crippen LogP contribution in [0.3, 0.4) is 0 Å². The van der Waals surface area contributed by atoms with Crippen molar-refractivity contribution in [3.05, 3.63) is 24.0 Å². The van der Waals surface area contributed by atoms with Crippen LogP contribution in [0.1, 0.15) is 12.5 Å². The van der Waals surface area contributed by atoms with Gasteiger partial charge in [-0.1, -0.05) is 6.92 Å². The third kappa shape index (κ3) is 1.51. The zero-order valence-corrected chi connectivity index (χ0v) is 7.11. The summed E-state index contributed by atoms with van der Waals surface area (Å²) in [4.78, 5) is 5.34. The van der Waals surface area contributed by atoms with Crippen molar-refractivity contribution in [2.75, 3.05) is 6.26 Å². The number of hydrogen-bond donors (Lipinski definition) is 0. The molecule has 1 aromatic rings. The van der Waals surface area contributed by atoms with E-state index in [0.717, 1.165) is 6.42 Å². The fraction of sp³-hybridized carbons (Fsp3) is 0.375. The van der Waals surface area contributed by atoms with Crippen LogP contribution in [0.5, 0.6) is 0 Å². The van der Waals surface area contributed by atoms with Gasteiger partial charge in [0.25, 0.3) is 0 Å². The molecule has 1 rings (SSSR count). The lowest BCUT2D eigenvalue weighted by atomic mass is 10.2. The molecule has 0 fully saturated rings. The van der Waals surface area contributed by atoms with Gasteiger partial charge in [-0.25, -0.2) is 0 Å². The summed E-state index contributed by atoms with van der Waals surface area (Å²) < 4.78 is 0. The Morgan fingerprint density at radius 3 is 2.90 bits per heavy atom. The van der Waals surface area contributed by atoms with E-state index in [-0.39, 0.29) is 0 Å². The van der Waals surface area contributed by atoms with Crippen LogP contribution in [0.15, 0.2) is 23.4 Å². The van der Waals surface area contributed by atoms with Crippen LogP contribution in [0.25, 0.3) is 0 Å². The average molecular weight is 153 g/mol. The molecule has 0 N–H and O–H groups in total. The van der Waals surface area contributed by atoms with Gasteiger partial charge in [-0.05, 0) is 24.3 Å². The normalized spacial score (nSPS) is 9.80. The topological polar surface area (TPSA) is 12.9 Å². The standard InChI is InChI=1S/C8H11NS/c1-3-7-4-5-9-6-8(7)10-2/h4-6H,3H2,1-2H3. The Bertz CT molecular complexity index is 187. The van der Waals surface area contributed by atoms with Gasteiger partial charge in [-0.3, -0.25) is 4.98 Å². The van der Waals surface area contributed by atoms with Crippen molar-refractivity contribution in [1.29, 1.82) is 0 Å². The number of aryl methyl sites for hydroxylation is 1. The summed E-state index contributed by atoms with van der Waals surface area (Å²) in [7, 11) is 0. The molecule has 1 aromatic heterocycles. The Morgan fingerprint density at radius 1 is 1.60 bits per heavy atom. The molecule has 1 nitrogen and oxygen atoms in total. The fourth-order valence-corrected chi connectivity index (χ4v) is 1.53. The number of rotatable bonds is 2. The van der Waals surface area contributed by atoms with Crippen LogP contribution in [-0.4, -0.2) is 11.2 Å². The number of aromatic nitrogens is 1. The third-order valence-corrected chi connectivity index (χ3v) is 2.28. The zero-order valence-electron chi connectivity index (χ0n) is 6.29. The first-order chi connectivity index (χ1) is 4.88. The second-order valence-corrected chi connectivity index (χ2v) is 2.89. The molecule has 0 saturated heterocycles. The molecule has 1 heterocycles. The summed E-state index contributed by atoms with van der Waals surface area (Å²) in [5.41, 5.74) is 1.39. The Hall–Kier alpha value is -0.500. The fourth-order valence-electron chi connectivity index (χ4n) is 0.885. The average Bonchev–Trinajstić information content (AvgIpc) is 2.04. The zero-order chi connectivity index (χ0) is 7.40. The molecule has 0 spiro atoms. The van der Waals surface area contributed by atoms with Crippen LogP contribution in [0, 0.1) is 0 Å². The minimum absolute atomic E-state index is 1.10. The molecule has 0 radical (unpaired) electrons. The molecular formula is C8H11NS. The minimum atomic E-state index is 1.10. The van der Waals surface area contributed by atoms with E-state index in [2.05, 4.69) is 24.2 Å². The van der Waals surface area contributed by atoms with Crippen LogP contribution < -0.4 is 0 Å².